The molecule has 1 aromatic heterocycles. The van der Waals surface area contributed by atoms with Crippen LogP contribution in [-0.4, -0.2) is 16.5 Å². The fourth-order valence-corrected chi connectivity index (χ4v) is 1.92. The zero-order chi connectivity index (χ0) is 13.0. The highest BCUT2D eigenvalue weighted by molar-refractivity contribution is 6.30. The molecule has 2 N–H and O–H groups in total. The highest BCUT2D eigenvalue weighted by Gasteiger charge is 2.17. The number of anilines is 1. The topological polar surface area (TPSA) is 62.2 Å². The second kappa shape index (κ2) is 5.62. The van der Waals surface area contributed by atoms with Gasteiger partial charge in [-0.05, 0) is 12.1 Å². The molecule has 2 aromatic rings. The maximum Gasteiger partial charge on any atom is 0.211 e. The number of aliphatic hydroxyl groups is 1. The third-order valence-corrected chi connectivity index (χ3v) is 2.87. The molecule has 0 fully saturated rings. The smallest absolute Gasteiger partial charge is 0.211 e. The summed E-state index contributed by atoms with van der Waals surface area (Å²) in [5, 5.41) is 13.1. The number of carbonyl (C=O) groups is 1. The lowest BCUT2D eigenvalue weighted by Gasteiger charge is -2.15. The van der Waals surface area contributed by atoms with Gasteiger partial charge in [-0.15, -0.1) is 0 Å². The minimum absolute atomic E-state index is 0.242. The van der Waals surface area contributed by atoms with E-state index in [1.165, 1.54) is 0 Å². The van der Waals surface area contributed by atoms with Crippen molar-refractivity contribution in [3.63, 3.8) is 0 Å². The number of carbonyl (C=O) groups excluding carboxylic acids is 1. The molecule has 0 bridgehead atoms. The minimum atomic E-state index is -0.935. The van der Waals surface area contributed by atoms with Crippen LogP contribution in [0.4, 0.5) is 5.69 Å². The highest BCUT2D eigenvalue weighted by Crippen LogP contribution is 2.30. The maximum atomic E-state index is 10.5. The zero-order valence-electron chi connectivity index (χ0n) is 9.38. The van der Waals surface area contributed by atoms with E-state index in [9.17, 15) is 9.90 Å². The molecule has 92 valence electrons. The monoisotopic (exact) mass is 262 g/mol. The fourth-order valence-electron chi connectivity index (χ4n) is 1.70. The van der Waals surface area contributed by atoms with Crippen LogP contribution in [0.3, 0.4) is 0 Å². The van der Waals surface area contributed by atoms with Crippen molar-refractivity contribution in [2.75, 3.05) is 5.32 Å². The van der Waals surface area contributed by atoms with Crippen LogP contribution >= 0.6 is 11.6 Å². The summed E-state index contributed by atoms with van der Waals surface area (Å²) in [6.45, 7) is 0. The van der Waals surface area contributed by atoms with Crippen LogP contribution < -0.4 is 5.32 Å². The Kier molecular flexibility index (Phi) is 3.92. The van der Waals surface area contributed by atoms with Gasteiger partial charge < -0.3 is 10.4 Å². The van der Waals surface area contributed by atoms with Crippen molar-refractivity contribution in [1.82, 2.24) is 4.98 Å². The van der Waals surface area contributed by atoms with Crippen LogP contribution in [-0.2, 0) is 4.79 Å². The Morgan fingerprint density at radius 1 is 1.22 bits per heavy atom. The predicted octanol–water partition coefficient (Wildman–Crippen LogP) is 2.39. The number of pyridine rings is 1. The van der Waals surface area contributed by atoms with Gasteiger partial charge in [0.05, 0.1) is 0 Å². The Hall–Kier alpha value is -1.91. The number of hydrogen-bond donors (Lipinski definition) is 2. The maximum absolute atomic E-state index is 10.5. The second-order valence-electron chi connectivity index (χ2n) is 3.64. The first-order valence-electron chi connectivity index (χ1n) is 5.31. The molecule has 1 heterocycles. The SMILES string of the molecule is O=CNc1ccccc1C(O)c1cccnc1Cl. The van der Waals surface area contributed by atoms with E-state index in [2.05, 4.69) is 10.3 Å². The number of nitrogens with one attached hydrogen (secondary N) is 1. The van der Waals surface area contributed by atoms with Crippen LogP contribution in [0.1, 0.15) is 17.2 Å². The first-order valence-corrected chi connectivity index (χ1v) is 5.69. The lowest BCUT2D eigenvalue weighted by atomic mass is 10.0. The van der Waals surface area contributed by atoms with Crippen LogP contribution in [0.5, 0.6) is 0 Å². The Morgan fingerprint density at radius 3 is 2.67 bits per heavy atom. The van der Waals surface area contributed by atoms with Gasteiger partial charge in [-0.2, -0.15) is 0 Å². The number of halogens is 1. The van der Waals surface area contributed by atoms with E-state index in [-0.39, 0.29) is 5.15 Å². The molecule has 1 atom stereocenters. The number of aromatic nitrogens is 1. The quantitative estimate of drug-likeness (QED) is 0.657. The van der Waals surface area contributed by atoms with Crippen molar-refractivity contribution < 1.29 is 9.90 Å². The lowest BCUT2D eigenvalue weighted by Crippen LogP contribution is -2.06. The van der Waals surface area contributed by atoms with Crippen LogP contribution in [0.2, 0.25) is 5.15 Å². The van der Waals surface area contributed by atoms with Gasteiger partial charge in [0.25, 0.3) is 0 Å². The average molecular weight is 263 g/mol. The summed E-state index contributed by atoms with van der Waals surface area (Å²) in [6.07, 6.45) is 1.18. The summed E-state index contributed by atoms with van der Waals surface area (Å²) in [5.74, 6) is 0. The zero-order valence-corrected chi connectivity index (χ0v) is 10.1. The summed E-state index contributed by atoms with van der Waals surface area (Å²) in [4.78, 5) is 14.4. The van der Waals surface area contributed by atoms with E-state index >= 15 is 0 Å². The van der Waals surface area contributed by atoms with Gasteiger partial charge in [-0.25, -0.2) is 4.98 Å². The Balaban J connectivity index is 2.43. The molecule has 1 amide bonds. The molecule has 0 aliphatic carbocycles. The Bertz CT molecular complexity index is 560. The first kappa shape index (κ1) is 12.5. The summed E-state index contributed by atoms with van der Waals surface area (Å²) in [6, 6.07) is 10.4. The largest absolute Gasteiger partial charge is 0.383 e. The molecule has 1 unspecified atom stereocenters. The summed E-state index contributed by atoms with van der Waals surface area (Å²) in [7, 11) is 0. The van der Waals surface area contributed by atoms with Gasteiger partial charge in [0, 0.05) is 23.0 Å². The summed E-state index contributed by atoms with van der Waals surface area (Å²) in [5.41, 5.74) is 1.61. The van der Waals surface area contributed by atoms with Gasteiger partial charge >= 0.3 is 0 Å². The van der Waals surface area contributed by atoms with E-state index in [0.717, 1.165) is 0 Å². The number of nitrogens with zero attached hydrogens (tertiary/aromatic N) is 1. The number of rotatable bonds is 4. The fraction of sp³-hybridized carbons (Fsp3) is 0.0769. The van der Waals surface area contributed by atoms with Crippen molar-refractivity contribution in [2.45, 2.75) is 6.10 Å². The molecule has 4 nitrogen and oxygen atoms in total. The first-order chi connectivity index (χ1) is 8.74. The van der Waals surface area contributed by atoms with Crippen LogP contribution in [0, 0.1) is 0 Å². The molecule has 2 rings (SSSR count). The van der Waals surface area contributed by atoms with Crippen molar-refractivity contribution in [2.24, 2.45) is 0 Å². The number of aliphatic hydroxyl groups excluding tert-OH is 1. The molecule has 18 heavy (non-hydrogen) atoms. The van der Waals surface area contributed by atoms with Gasteiger partial charge in [0.15, 0.2) is 0 Å². The minimum Gasteiger partial charge on any atom is -0.383 e. The number of benzene rings is 1. The van der Waals surface area contributed by atoms with Crippen molar-refractivity contribution in [1.29, 1.82) is 0 Å². The third-order valence-electron chi connectivity index (χ3n) is 2.55. The van der Waals surface area contributed by atoms with E-state index in [0.29, 0.717) is 23.2 Å². The molecular weight excluding hydrogens is 252 g/mol. The van der Waals surface area contributed by atoms with E-state index in [1.807, 2.05) is 0 Å². The molecule has 0 radical (unpaired) electrons. The number of amides is 1. The number of para-hydroxylation sites is 1. The summed E-state index contributed by atoms with van der Waals surface area (Å²) < 4.78 is 0. The third kappa shape index (κ3) is 2.50. The van der Waals surface area contributed by atoms with E-state index in [1.54, 1.807) is 42.6 Å². The van der Waals surface area contributed by atoms with Gasteiger partial charge in [-0.1, -0.05) is 35.9 Å². The van der Waals surface area contributed by atoms with E-state index < -0.39 is 6.10 Å². The van der Waals surface area contributed by atoms with Gasteiger partial charge in [-0.3, -0.25) is 4.79 Å². The van der Waals surface area contributed by atoms with Crippen molar-refractivity contribution in [3.8, 4) is 0 Å². The Labute approximate surface area is 109 Å². The number of hydrogen-bond acceptors (Lipinski definition) is 3. The van der Waals surface area contributed by atoms with Crippen molar-refractivity contribution in [3.05, 3.63) is 58.9 Å². The molecule has 5 heteroatoms. The molecule has 0 aliphatic heterocycles. The highest BCUT2D eigenvalue weighted by atomic mass is 35.5. The summed E-state index contributed by atoms with van der Waals surface area (Å²) >= 11 is 5.94. The molecule has 0 saturated carbocycles. The average Bonchev–Trinajstić information content (AvgIpc) is 2.40. The molecule has 0 spiro atoms. The van der Waals surface area contributed by atoms with Gasteiger partial charge in [0.2, 0.25) is 6.41 Å². The molecule has 0 saturated heterocycles. The van der Waals surface area contributed by atoms with Crippen LogP contribution in [0.15, 0.2) is 42.6 Å². The molecule has 1 aromatic carbocycles. The van der Waals surface area contributed by atoms with E-state index in [4.69, 9.17) is 11.6 Å². The van der Waals surface area contributed by atoms with Gasteiger partial charge in [0.1, 0.15) is 11.3 Å². The van der Waals surface area contributed by atoms with Crippen LogP contribution in [0.25, 0.3) is 0 Å². The Morgan fingerprint density at radius 2 is 1.94 bits per heavy atom. The second-order valence-corrected chi connectivity index (χ2v) is 3.99. The predicted molar refractivity (Wildman–Crippen MR) is 69.4 cm³/mol. The van der Waals surface area contributed by atoms with Crippen molar-refractivity contribution >= 4 is 23.7 Å². The normalized spacial score (nSPS) is 11.9. The standard InChI is InChI=1S/C13H11ClN2O2/c14-13-10(5-3-7-15-13)12(18)9-4-1-2-6-11(9)16-8-17/h1-8,12,18H,(H,16,17). The lowest BCUT2D eigenvalue weighted by molar-refractivity contribution is -0.105. The molecule has 0 aliphatic rings. The molecular formula is C13H11ClN2O2.